The molecule has 1 atom stereocenters. The molecule has 0 unspecified atom stereocenters. The fraction of sp³-hybridized carbons (Fsp3) is 0.562. The first-order valence-corrected chi connectivity index (χ1v) is 7.89. The number of carbonyl (C=O) groups excluding carboxylic acids is 1. The van der Waals surface area contributed by atoms with Crippen LogP contribution in [0.25, 0.3) is 0 Å². The Hall–Kier alpha value is -1.06. The lowest BCUT2D eigenvalue weighted by molar-refractivity contribution is 0.0616. The maximum Gasteiger partial charge on any atom is 0.255 e. The van der Waals surface area contributed by atoms with E-state index in [-0.39, 0.29) is 5.91 Å². The van der Waals surface area contributed by atoms with E-state index in [0.29, 0.717) is 22.5 Å². The molecule has 2 fully saturated rings. The summed E-state index contributed by atoms with van der Waals surface area (Å²) in [5.74, 6) is 0.776. The predicted octanol–water partition coefficient (Wildman–Crippen LogP) is 2.94. The van der Waals surface area contributed by atoms with Crippen LogP contribution < -0.4 is 5.32 Å². The minimum atomic E-state index is 0.0937. The van der Waals surface area contributed by atoms with Gasteiger partial charge in [-0.25, -0.2) is 0 Å². The molecule has 0 bridgehead atoms. The van der Waals surface area contributed by atoms with Crippen LogP contribution in [0.1, 0.15) is 36.0 Å². The van der Waals surface area contributed by atoms with Crippen molar-refractivity contribution in [2.75, 3.05) is 19.6 Å². The van der Waals surface area contributed by atoms with Gasteiger partial charge in [-0.3, -0.25) is 4.79 Å². The molecule has 0 radical (unpaired) electrons. The van der Waals surface area contributed by atoms with Gasteiger partial charge in [-0.1, -0.05) is 30.2 Å². The number of nitrogens with zero attached hydrogens (tertiary/aromatic N) is 1. The molecule has 2 aliphatic rings. The molecule has 1 saturated carbocycles. The lowest BCUT2D eigenvalue weighted by Crippen LogP contribution is -2.45. The van der Waals surface area contributed by atoms with E-state index in [1.54, 1.807) is 6.07 Å². The summed E-state index contributed by atoms with van der Waals surface area (Å²) in [5.41, 5.74) is 0.639. The van der Waals surface area contributed by atoms with E-state index in [0.717, 1.165) is 26.1 Å². The van der Waals surface area contributed by atoms with Crippen molar-refractivity contribution in [3.63, 3.8) is 0 Å². The Bertz CT molecular complexity index is 481. The Balaban J connectivity index is 1.79. The minimum absolute atomic E-state index is 0.0937. The van der Waals surface area contributed by atoms with E-state index >= 15 is 0 Å². The van der Waals surface area contributed by atoms with Gasteiger partial charge in [0.15, 0.2) is 0 Å². The Kier molecular flexibility index (Phi) is 4.27. The number of nitrogens with one attached hydrogen (secondary N) is 1. The highest BCUT2D eigenvalue weighted by molar-refractivity contribution is 6.33. The van der Waals surface area contributed by atoms with Gasteiger partial charge in [-0.05, 0) is 43.9 Å². The Labute approximate surface area is 125 Å². The molecule has 108 valence electrons. The van der Waals surface area contributed by atoms with Crippen LogP contribution >= 0.6 is 11.6 Å². The van der Waals surface area contributed by atoms with Gasteiger partial charge in [-0.15, -0.1) is 0 Å². The van der Waals surface area contributed by atoms with Gasteiger partial charge in [0.1, 0.15) is 0 Å². The minimum Gasteiger partial charge on any atom is -0.334 e. The fourth-order valence-electron chi connectivity index (χ4n) is 3.05. The van der Waals surface area contributed by atoms with Gasteiger partial charge in [0.25, 0.3) is 5.91 Å². The first kappa shape index (κ1) is 13.9. The molecule has 4 heteroatoms. The molecule has 0 spiro atoms. The maximum absolute atomic E-state index is 12.8. The first-order valence-electron chi connectivity index (χ1n) is 7.52. The van der Waals surface area contributed by atoms with Crippen LogP contribution in [0.3, 0.4) is 0 Å². The lowest BCUT2D eigenvalue weighted by atomic mass is 9.84. The zero-order valence-electron chi connectivity index (χ0n) is 11.6. The predicted molar refractivity (Wildman–Crippen MR) is 81.1 cm³/mol. The van der Waals surface area contributed by atoms with Gasteiger partial charge >= 0.3 is 0 Å². The summed E-state index contributed by atoms with van der Waals surface area (Å²) in [6.07, 6.45) is 4.86. The largest absolute Gasteiger partial charge is 0.334 e. The number of rotatable bonds is 4. The third kappa shape index (κ3) is 2.84. The summed E-state index contributed by atoms with van der Waals surface area (Å²) in [5, 5.41) is 3.91. The smallest absolute Gasteiger partial charge is 0.255 e. The standard InChI is InChI=1S/C16H21ClN2O/c17-15-7-2-1-6-14(15)16(20)19(11-12-4-3-5-12)13-8-9-18-10-13/h1-2,6-7,12-13,18H,3-5,8-11H2/t13-/m0/s1. The van der Waals surface area contributed by atoms with E-state index in [4.69, 9.17) is 11.6 Å². The molecule has 0 aromatic heterocycles. The average Bonchev–Trinajstić information content (AvgIpc) is 2.91. The third-order valence-electron chi connectivity index (χ3n) is 4.52. The summed E-state index contributed by atoms with van der Waals surface area (Å²) in [7, 11) is 0. The van der Waals surface area contributed by atoms with Crippen LogP contribution in [0, 0.1) is 5.92 Å². The van der Waals surface area contributed by atoms with E-state index < -0.39 is 0 Å². The SMILES string of the molecule is O=C(c1ccccc1Cl)N(CC1CCC1)[C@H]1CCNC1. The van der Waals surface area contributed by atoms with Crippen molar-refractivity contribution in [2.45, 2.75) is 31.7 Å². The average molecular weight is 293 g/mol. The number of carbonyl (C=O) groups is 1. The number of hydrogen-bond donors (Lipinski definition) is 1. The maximum atomic E-state index is 12.8. The van der Waals surface area contributed by atoms with Gasteiger partial charge in [0.05, 0.1) is 10.6 Å². The van der Waals surface area contributed by atoms with Gasteiger partial charge in [0, 0.05) is 19.1 Å². The summed E-state index contributed by atoms with van der Waals surface area (Å²) in [6.45, 7) is 2.79. The van der Waals surface area contributed by atoms with Crippen molar-refractivity contribution in [1.82, 2.24) is 10.2 Å². The van der Waals surface area contributed by atoms with Crippen molar-refractivity contribution in [1.29, 1.82) is 0 Å². The highest BCUT2D eigenvalue weighted by Crippen LogP contribution is 2.29. The Morgan fingerprint density at radius 3 is 2.70 bits per heavy atom. The fourth-order valence-corrected chi connectivity index (χ4v) is 3.26. The molecular weight excluding hydrogens is 272 g/mol. The van der Waals surface area contributed by atoms with Crippen LogP contribution in [-0.4, -0.2) is 36.5 Å². The Morgan fingerprint density at radius 2 is 2.10 bits per heavy atom. The Morgan fingerprint density at radius 1 is 1.30 bits per heavy atom. The topological polar surface area (TPSA) is 32.3 Å². The number of benzene rings is 1. The molecule has 1 N–H and O–H groups in total. The van der Waals surface area contributed by atoms with E-state index in [1.165, 1.54) is 19.3 Å². The van der Waals surface area contributed by atoms with E-state index in [2.05, 4.69) is 10.2 Å². The molecular formula is C16H21ClN2O. The summed E-state index contributed by atoms with van der Waals surface area (Å²) < 4.78 is 0. The molecule has 1 saturated heterocycles. The lowest BCUT2D eigenvalue weighted by Gasteiger charge is -2.36. The molecule has 1 heterocycles. The third-order valence-corrected chi connectivity index (χ3v) is 4.85. The molecule has 1 aromatic carbocycles. The van der Waals surface area contributed by atoms with Crippen molar-refractivity contribution in [3.05, 3.63) is 34.9 Å². The van der Waals surface area contributed by atoms with Crippen molar-refractivity contribution in [2.24, 2.45) is 5.92 Å². The summed E-state index contributed by atoms with van der Waals surface area (Å²) >= 11 is 6.19. The second-order valence-electron chi connectivity index (χ2n) is 5.88. The highest BCUT2D eigenvalue weighted by Gasteiger charge is 2.31. The molecule has 1 aliphatic heterocycles. The van der Waals surface area contributed by atoms with Crippen LogP contribution in [-0.2, 0) is 0 Å². The van der Waals surface area contributed by atoms with E-state index in [1.807, 2.05) is 18.2 Å². The second-order valence-corrected chi connectivity index (χ2v) is 6.29. The molecule has 1 aliphatic carbocycles. The van der Waals surface area contributed by atoms with E-state index in [9.17, 15) is 4.79 Å². The summed E-state index contributed by atoms with van der Waals surface area (Å²) in [6, 6.07) is 7.70. The number of amides is 1. The van der Waals surface area contributed by atoms with Crippen molar-refractivity contribution in [3.8, 4) is 0 Å². The molecule has 3 nitrogen and oxygen atoms in total. The quantitative estimate of drug-likeness (QED) is 0.925. The van der Waals surface area contributed by atoms with Gasteiger partial charge < -0.3 is 10.2 Å². The molecule has 3 rings (SSSR count). The van der Waals surface area contributed by atoms with Gasteiger partial charge in [0.2, 0.25) is 0 Å². The highest BCUT2D eigenvalue weighted by atomic mass is 35.5. The zero-order chi connectivity index (χ0) is 13.9. The van der Waals surface area contributed by atoms with Crippen LogP contribution in [0.2, 0.25) is 5.02 Å². The van der Waals surface area contributed by atoms with Crippen LogP contribution in [0.5, 0.6) is 0 Å². The van der Waals surface area contributed by atoms with Crippen LogP contribution in [0.4, 0.5) is 0 Å². The van der Waals surface area contributed by atoms with Crippen molar-refractivity contribution < 1.29 is 4.79 Å². The first-order chi connectivity index (χ1) is 9.75. The normalized spacial score (nSPS) is 22.6. The zero-order valence-corrected chi connectivity index (χ0v) is 12.4. The van der Waals surface area contributed by atoms with Crippen molar-refractivity contribution >= 4 is 17.5 Å². The monoisotopic (exact) mass is 292 g/mol. The molecule has 1 aromatic rings. The molecule has 1 amide bonds. The van der Waals surface area contributed by atoms with Crippen LogP contribution in [0.15, 0.2) is 24.3 Å². The number of hydrogen-bond acceptors (Lipinski definition) is 2. The summed E-state index contributed by atoms with van der Waals surface area (Å²) in [4.78, 5) is 14.9. The number of halogens is 1. The van der Waals surface area contributed by atoms with Gasteiger partial charge in [-0.2, -0.15) is 0 Å². The second kappa shape index (κ2) is 6.15. The molecule has 20 heavy (non-hydrogen) atoms.